The maximum atomic E-state index is 12.8. The number of rotatable bonds is 3. The van der Waals surface area contributed by atoms with Gasteiger partial charge in [0.1, 0.15) is 0 Å². The molecule has 2 N–H and O–H groups in total. The summed E-state index contributed by atoms with van der Waals surface area (Å²) in [6.45, 7) is 7.17. The molecular weight excluding hydrogens is 272 g/mol. The van der Waals surface area contributed by atoms with Crippen LogP contribution >= 0.6 is 0 Å². The summed E-state index contributed by atoms with van der Waals surface area (Å²) in [5.41, 5.74) is 9.55. The highest BCUT2D eigenvalue weighted by molar-refractivity contribution is 7.89. The Balaban J connectivity index is 2.47. The highest BCUT2D eigenvalue weighted by Crippen LogP contribution is 2.26. The summed E-state index contributed by atoms with van der Waals surface area (Å²) in [4.78, 5) is 0.394. The van der Waals surface area contributed by atoms with Crippen LogP contribution in [-0.4, -0.2) is 25.8 Å². The monoisotopic (exact) mass is 294 g/mol. The van der Waals surface area contributed by atoms with Crippen LogP contribution < -0.4 is 5.73 Å². The molecule has 0 radical (unpaired) electrons. The van der Waals surface area contributed by atoms with Crippen molar-refractivity contribution in [1.82, 2.24) is 4.31 Å². The van der Waals surface area contributed by atoms with Crippen molar-refractivity contribution < 1.29 is 8.42 Å². The summed E-state index contributed by atoms with van der Waals surface area (Å²) in [5.74, 6) is 0. The first-order valence-corrected chi connectivity index (χ1v) is 8.26. The molecule has 1 heterocycles. The molecule has 1 aliphatic rings. The zero-order valence-electron chi connectivity index (χ0n) is 12.3. The van der Waals surface area contributed by atoms with E-state index < -0.39 is 10.0 Å². The van der Waals surface area contributed by atoms with Crippen LogP contribution in [0.15, 0.2) is 28.7 Å². The predicted octanol–water partition coefficient (Wildman–Crippen LogP) is 2.10. The smallest absolute Gasteiger partial charge is 0.243 e. The number of nitrogens with zero attached hydrogens (tertiary/aromatic N) is 1. The molecule has 20 heavy (non-hydrogen) atoms. The molecule has 0 atom stereocenters. The molecule has 1 aromatic rings. The van der Waals surface area contributed by atoms with Gasteiger partial charge >= 0.3 is 0 Å². The summed E-state index contributed by atoms with van der Waals surface area (Å²) >= 11 is 0. The molecule has 110 valence electrons. The minimum Gasteiger partial charge on any atom is -0.326 e. The van der Waals surface area contributed by atoms with Crippen LogP contribution in [0.25, 0.3) is 0 Å². The van der Waals surface area contributed by atoms with Crippen molar-refractivity contribution in [3.8, 4) is 0 Å². The number of benzene rings is 1. The maximum Gasteiger partial charge on any atom is 0.243 e. The molecule has 2 rings (SSSR count). The Labute approximate surface area is 121 Å². The Hall–Kier alpha value is -1.17. The molecule has 0 aliphatic carbocycles. The second-order valence-corrected chi connectivity index (χ2v) is 7.31. The minimum absolute atomic E-state index is 0.350. The highest BCUT2D eigenvalue weighted by atomic mass is 32.2. The molecule has 5 heteroatoms. The minimum atomic E-state index is -3.44. The SMILES string of the molecule is CC1=CCN(S(=O)(=O)c2cc(CN)cc(C)c2C)CC1. The van der Waals surface area contributed by atoms with Gasteiger partial charge in [-0.05, 0) is 49.9 Å². The third-order valence-corrected chi connectivity index (χ3v) is 5.92. The van der Waals surface area contributed by atoms with E-state index >= 15 is 0 Å². The molecule has 0 amide bonds. The van der Waals surface area contributed by atoms with Gasteiger partial charge in [-0.15, -0.1) is 0 Å². The predicted molar refractivity (Wildman–Crippen MR) is 80.9 cm³/mol. The standard InChI is InChI=1S/C15H22N2O2S/c1-11-4-6-17(7-5-11)20(18,19)15-9-14(10-16)8-12(2)13(15)3/h4,8-9H,5-7,10,16H2,1-3H3. The first-order chi connectivity index (χ1) is 9.36. The summed E-state index contributed by atoms with van der Waals surface area (Å²) < 4.78 is 27.1. The van der Waals surface area contributed by atoms with Crippen LogP contribution in [0, 0.1) is 13.8 Å². The van der Waals surface area contributed by atoms with Gasteiger partial charge in [0.2, 0.25) is 10.0 Å². The molecule has 1 aliphatic heterocycles. The number of aryl methyl sites for hydroxylation is 1. The molecule has 0 aromatic heterocycles. The van der Waals surface area contributed by atoms with E-state index in [0.29, 0.717) is 24.5 Å². The van der Waals surface area contributed by atoms with E-state index in [9.17, 15) is 8.42 Å². The fourth-order valence-electron chi connectivity index (χ4n) is 2.39. The van der Waals surface area contributed by atoms with Crippen molar-refractivity contribution in [3.63, 3.8) is 0 Å². The van der Waals surface area contributed by atoms with Crippen LogP contribution in [0.4, 0.5) is 0 Å². The Morgan fingerprint density at radius 3 is 2.50 bits per heavy atom. The molecule has 4 nitrogen and oxygen atoms in total. The average molecular weight is 294 g/mol. The van der Waals surface area contributed by atoms with Crippen molar-refractivity contribution in [2.24, 2.45) is 5.73 Å². The van der Waals surface area contributed by atoms with Crippen molar-refractivity contribution in [1.29, 1.82) is 0 Å². The van der Waals surface area contributed by atoms with Crippen LogP contribution in [0.5, 0.6) is 0 Å². The number of hydrogen-bond acceptors (Lipinski definition) is 3. The highest BCUT2D eigenvalue weighted by Gasteiger charge is 2.27. The Bertz CT molecular complexity index is 648. The van der Waals surface area contributed by atoms with E-state index in [0.717, 1.165) is 23.1 Å². The summed E-state index contributed by atoms with van der Waals surface area (Å²) in [5, 5.41) is 0. The zero-order chi connectivity index (χ0) is 14.9. The van der Waals surface area contributed by atoms with E-state index in [-0.39, 0.29) is 0 Å². The normalized spacial score (nSPS) is 17.1. The Kier molecular flexibility index (Phi) is 4.32. The van der Waals surface area contributed by atoms with Crippen molar-refractivity contribution in [3.05, 3.63) is 40.5 Å². The van der Waals surface area contributed by atoms with Gasteiger partial charge in [-0.3, -0.25) is 0 Å². The lowest BCUT2D eigenvalue weighted by Crippen LogP contribution is -2.35. The third-order valence-electron chi connectivity index (χ3n) is 3.93. The van der Waals surface area contributed by atoms with E-state index in [1.807, 2.05) is 32.9 Å². The summed E-state index contributed by atoms with van der Waals surface area (Å²) in [7, 11) is -3.44. The molecule has 0 spiro atoms. The first-order valence-electron chi connectivity index (χ1n) is 6.82. The molecule has 1 aromatic carbocycles. The largest absolute Gasteiger partial charge is 0.326 e. The second kappa shape index (κ2) is 5.68. The van der Waals surface area contributed by atoms with Gasteiger partial charge in [-0.25, -0.2) is 8.42 Å². The lowest BCUT2D eigenvalue weighted by atomic mass is 10.1. The van der Waals surface area contributed by atoms with Crippen LogP contribution in [0.2, 0.25) is 0 Å². The van der Waals surface area contributed by atoms with Gasteiger partial charge < -0.3 is 5.73 Å². The van der Waals surface area contributed by atoms with Crippen molar-refractivity contribution >= 4 is 10.0 Å². The van der Waals surface area contributed by atoms with Crippen molar-refractivity contribution in [2.75, 3.05) is 13.1 Å². The van der Waals surface area contributed by atoms with Gasteiger partial charge in [0.15, 0.2) is 0 Å². The van der Waals surface area contributed by atoms with E-state index in [1.54, 1.807) is 10.4 Å². The fraction of sp³-hybridized carbons (Fsp3) is 0.467. The molecule has 0 fully saturated rings. The topological polar surface area (TPSA) is 63.4 Å². The van der Waals surface area contributed by atoms with E-state index in [2.05, 4.69) is 0 Å². The summed E-state index contributed by atoms with van der Waals surface area (Å²) in [6, 6.07) is 3.66. The zero-order valence-corrected chi connectivity index (χ0v) is 13.1. The molecule has 0 unspecified atom stereocenters. The van der Waals surface area contributed by atoms with Gasteiger partial charge in [-0.1, -0.05) is 17.7 Å². The van der Waals surface area contributed by atoms with E-state index in [1.165, 1.54) is 5.57 Å². The van der Waals surface area contributed by atoms with Crippen LogP contribution in [0.1, 0.15) is 30.0 Å². The first kappa shape index (κ1) is 15.2. The Morgan fingerprint density at radius 1 is 1.25 bits per heavy atom. The molecule has 0 saturated carbocycles. The molecule has 0 saturated heterocycles. The number of nitrogens with two attached hydrogens (primary N) is 1. The molecular formula is C15H22N2O2S. The fourth-order valence-corrected chi connectivity index (χ4v) is 4.12. The maximum absolute atomic E-state index is 12.8. The number of hydrogen-bond donors (Lipinski definition) is 1. The van der Waals surface area contributed by atoms with Gasteiger partial charge in [0.25, 0.3) is 0 Å². The Morgan fingerprint density at radius 2 is 1.95 bits per heavy atom. The van der Waals surface area contributed by atoms with Gasteiger partial charge in [0.05, 0.1) is 4.90 Å². The van der Waals surface area contributed by atoms with Crippen molar-refractivity contribution in [2.45, 2.75) is 38.6 Å². The van der Waals surface area contributed by atoms with E-state index in [4.69, 9.17) is 5.73 Å². The summed E-state index contributed by atoms with van der Waals surface area (Å²) in [6.07, 6.45) is 2.78. The number of sulfonamides is 1. The second-order valence-electron chi connectivity index (χ2n) is 5.40. The lowest BCUT2D eigenvalue weighted by Gasteiger charge is -2.26. The molecule has 0 bridgehead atoms. The average Bonchev–Trinajstić information content (AvgIpc) is 2.42. The third kappa shape index (κ3) is 2.80. The van der Waals surface area contributed by atoms with Crippen LogP contribution in [0.3, 0.4) is 0 Å². The van der Waals surface area contributed by atoms with Crippen LogP contribution in [-0.2, 0) is 16.6 Å². The van der Waals surface area contributed by atoms with Gasteiger partial charge in [0, 0.05) is 19.6 Å². The van der Waals surface area contributed by atoms with Gasteiger partial charge in [-0.2, -0.15) is 4.31 Å². The lowest BCUT2D eigenvalue weighted by molar-refractivity contribution is 0.431. The quantitative estimate of drug-likeness (QED) is 0.868.